The van der Waals surface area contributed by atoms with Crippen molar-refractivity contribution in [2.45, 2.75) is 6.10 Å². The Morgan fingerprint density at radius 3 is 1.97 bits per heavy atom. The van der Waals surface area contributed by atoms with Gasteiger partial charge in [-0.1, -0.05) is 53.5 Å². The molecule has 1 aliphatic rings. The molecule has 4 rings (SSSR count). The molecule has 0 radical (unpaired) electrons. The van der Waals surface area contributed by atoms with E-state index in [9.17, 15) is 19.2 Å². The summed E-state index contributed by atoms with van der Waals surface area (Å²) < 4.78 is 10.6. The van der Waals surface area contributed by atoms with E-state index in [4.69, 9.17) is 32.7 Å². The van der Waals surface area contributed by atoms with Crippen LogP contribution in [0.2, 0.25) is 10.0 Å². The molecule has 172 valence electrons. The second-order valence-corrected chi connectivity index (χ2v) is 8.20. The van der Waals surface area contributed by atoms with Gasteiger partial charge in [-0.2, -0.15) is 0 Å². The molecular formula is C25H17Cl2NO6. The number of amides is 2. The third-order valence-corrected chi connectivity index (χ3v) is 5.99. The number of methoxy groups -OCH3 is 1. The van der Waals surface area contributed by atoms with E-state index in [0.29, 0.717) is 16.9 Å². The van der Waals surface area contributed by atoms with Crippen molar-refractivity contribution < 1.29 is 28.7 Å². The molecule has 0 aliphatic carbocycles. The minimum absolute atomic E-state index is 0.0427. The number of carbonyl (C=O) groups is 4. The zero-order valence-electron chi connectivity index (χ0n) is 17.8. The Morgan fingerprint density at radius 1 is 0.882 bits per heavy atom. The molecule has 0 N–H and O–H groups in total. The quantitative estimate of drug-likeness (QED) is 0.265. The van der Waals surface area contributed by atoms with Gasteiger partial charge >= 0.3 is 5.97 Å². The number of Topliss-reactive ketones (excluding diaryl/α,β-unsaturated/α-hetero) is 1. The van der Waals surface area contributed by atoms with Gasteiger partial charge in [0.2, 0.25) is 5.78 Å². The largest absolute Gasteiger partial charge is 0.497 e. The predicted octanol–water partition coefficient (Wildman–Crippen LogP) is 4.77. The van der Waals surface area contributed by atoms with Gasteiger partial charge in [0, 0.05) is 11.1 Å². The van der Waals surface area contributed by atoms with E-state index in [-0.39, 0.29) is 21.2 Å². The number of carbonyl (C=O) groups excluding carboxylic acids is 4. The van der Waals surface area contributed by atoms with Crippen LogP contribution >= 0.6 is 23.2 Å². The first kappa shape index (κ1) is 23.5. The summed E-state index contributed by atoms with van der Waals surface area (Å²) in [5, 5.41) is 0.223. The molecule has 1 atom stereocenters. The number of ketones is 1. The number of hydrogen-bond donors (Lipinski definition) is 0. The number of hydrogen-bond acceptors (Lipinski definition) is 6. The molecule has 0 unspecified atom stereocenters. The average Bonchev–Trinajstić information content (AvgIpc) is 3.07. The summed E-state index contributed by atoms with van der Waals surface area (Å²) in [5.74, 6) is -2.23. The molecule has 0 aromatic heterocycles. The standard InChI is InChI=1S/C25H17Cl2NO6/c1-33-16-9-7-14(8-10-16)22(30)23(15-5-3-2-4-6-15)34-21(29)13-28-24(31)17-11-19(26)20(27)12-18(17)25(28)32/h2-12,23H,13H2,1H3/t23-/m0/s1. The molecule has 0 saturated heterocycles. The van der Waals surface area contributed by atoms with Gasteiger partial charge in [-0.15, -0.1) is 0 Å². The van der Waals surface area contributed by atoms with Crippen LogP contribution in [0.3, 0.4) is 0 Å². The number of imide groups is 1. The van der Waals surface area contributed by atoms with Crippen molar-refractivity contribution in [3.63, 3.8) is 0 Å². The predicted molar refractivity (Wildman–Crippen MR) is 124 cm³/mol. The van der Waals surface area contributed by atoms with E-state index >= 15 is 0 Å². The minimum Gasteiger partial charge on any atom is -0.497 e. The summed E-state index contributed by atoms with van der Waals surface area (Å²) in [6.45, 7) is -0.680. The Kier molecular flexibility index (Phi) is 6.68. The van der Waals surface area contributed by atoms with Crippen molar-refractivity contribution in [1.29, 1.82) is 0 Å². The van der Waals surface area contributed by atoms with Crippen LogP contribution < -0.4 is 4.74 Å². The van der Waals surface area contributed by atoms with Crippen LogP contribution in [0.5, 0.6) is 5.75 Å². The van der Waals surface area contributed by atoms with Gasteiger partial charge in [-0.25, -0.2) is 0 Å². The van der Waals surface area contributed by atoms with Crippen molar-refractivity contribution >= 4 is 46.8 Å². The molecule has 0 saturated carbocycles. The lowest BCUT2D eigenvalue weighted by molar-refractivity contribution is -0.147. The van der Waals surface area contributed by atoms with E-state index in [2.05, 4.69) is 0 Å². The Hall–Kier alpha value is -3.68. The SMILES string of the molecule is COc1ccc(C(=O)[C@@H](OC(=O)CN2C(=O)c3cc(Cl)c(Cl)cc3C2=O)c2ccccc2)cc1. The number of halogens is 2. The Labute approximate surface area is 204 Å². The van der Waals surface area contributed by atoms with E-state index in [1.165, 1.54) is 19.2 Å². The van der Waals surface area contributed by atoms with Crippen molar-refractivity contribution in [3.8, 4) is 5.75 Å². The molecule has 3 aromatic rings. The summed E-state index contributed by atoms with van der Waals surface area (Å²) in [6.07, 6.45) is -1.28. The maximum atomic E-state index is 13.2. The normalized spacial score (nSPS) is 13.4. The second-order valence-electron chi connectivity index (χ2n) is 7.38. The zero-order chi connectivity index (χ0) is 24.4. The number of benzene rings is 3. The van der Waals surface area contributed by atoms with E-state index in [1.54, 1.807) is 54.6 Å². The highest BCUT2D eigenvalue weighted by Crippen LogP contribution is 2.32. The van der Waals surface area contributed by atoms with Crippen LogP contribution in [0.1, 0.15) is 42.7 Å². The summed E-state index contributed by atoms with van der Waals surface area (Å²) >= 11 is 11.9. The monoisotopic (exact) mass is 497 g/mol. The number of ether oxygens (including phenoxy) is 2. The van der Waals surface area contributed by atoms with E-state index < -0.39 is 36.2 Å². The first-order valence-electron chi connectivity index (χ1n) is 10.1. The van der Waals surface area contributed by atoms with Crippen LogP contribution in [-0.2, 0) is 9.53 Å². The fourth-order valence-corrected chi connectivity index (χ4v) is 3.86. The van der Waals surface area contributed by atoms with Crippen LogP contribution in [-0.4, -0.2) is 42.1 Å². The van der Waals surface area contributed by atoms with Gasteiger partial charge in [-0.05, 0) is 36.4 Å². The molecule has 0 fully saturated rings. The maximum Gasteiger partial charge on any atom is 0.327 e. The van der Waals surface area contributed by atoms with Crippen LogP contribution in [0, 0.1) is 0 Å². The number of rotatable bonds is 7. The van der Waals surface area contributed by atoms with Gasteiger partial charge in [0.05, 0.1) is 28.3 Å². The Balaban J connectivity index is 1.56. The van der Waals surface area contributed by atoms with Crippen molar-refractivity contribution in [2.24, 2.45) is 0 Å². The summed E-state index contributed by atoms with van der Waals surface area (Å²) in [7, 11) is 1.51. The summed E-state index contributed by atoms with van der Waals surface area (Å²) in [4.78, 5) is 52.1. The highest BCUT2D eigenvalue weighted by Gasteiger charge is 2.38. The molecule has 7 nitrogen and oxygen atoms in total. The van der Waals surface area contributed by atoms with Crippen LogP contribution in [0.15, 0.2) is 66.7 Å². The number of esters is 1. The zero-order valence-corrected chi connectivity index (χ0v) is 19.3. The molecule has 2 amide bonds. The Morgan fingerprint density at radius 2 is 1.44 bits per heavy atom. The molecule has 0 bridgehead atoms. The number of fused-ring (bicyclic) bond motifs is 1. The van der Waals surface area contributed by atoms with Crippen LogP contribution in [0.25, 0.3) is 0 Å². The lowest BCUT2D eigenvalue weighted by Crippen LogP contribution is -2.36. The topological polar surface area (TPSA) is 90.0 Å². The fourth-order valence-electron chi connectivity index (χ4n) is 3.53. The molecule has 9 heteroatoms. The molecule has 1 aliphatic heterocycles. The summed E-state index contributed by atoms with van der Waals surface area (Å²) in [5.41, 5.74) is 0.826. The second kappa shape index (κ2) is 9.67. The van der Waals surface area contributed by atoms with E-state index in [0.717, 1.165) is 4.90 Å². The van der Waals surface area contributed by atoms with Crippen LogP contribution in [0.4, 0.5) is 0 Å². The van der Waals surface area contributed by atoms with Gasteiger partial charge in [0.15, 0.2) is 6.10 Å². The lowest BCUT2D eigenvalue weighted by Gasteiger charge is -2.19. The number of nitrogens with zero attached hydrogens (tertiary/aromatic N) is 1. The van der Waals surface area contributed by atoms with Gasteiger partial charge < -0.3 is 9.47 Å². The molecule has 34 heavy (non-hydrogen) atoms. The van der Waals surface area contributed by atoms with Crippen molar-refractivity contribution in [3.05, 3.63) is 99.0 Å². The highest BCUT2D eigenvalue weighted by molar-refractivity contribution is 6.43. The fraction of sp³-hybridized carbons (Fsp3) is 0.120. The minimum atomic E-state index is -1.28. The molecule has 1 heterocycles. The van der Waals surface area contributed by atoms with E-state index in [1.807, 2.05) is 0 Å². The maximum absolute atomic E-state index is 13.2. The Bertz CT molecular complexity index is 1250. The smallest absolute Gasteiger partial charge is 0.327 e. The van der Waals surface area contributed by atoms with Gasteiger partial charge in [0.25, 0.3) is 11.8 Å². The van der Waals surface area contributed by atoms with Gasteiger partial charge in [0.1, 0.15) is 12.3 Å². The molecular weight excluding hydrogens is 481 g/mol. The third kappa shape index (κ3) is 4.53. The lowest BCUT2D eigenvalue weighted by atomic mass is 9.99. The summed E-state index contributed by atoms with van der Waals surface area (Å²) in [6, 6.07) is 17.4. The van der Waals surface area contributed by atoms with Crippen molar-refractivity contribution in [2.75, 3.05) is 13.7 Å². The molecule has 3 aromatic carbocycles. The first-order valence-corrected chi connectivity index (χ1v) is 10.8. The highest BCUT2D eigenvalue weighted by atomic mass is 35.5. The first-order chi connectivity index (χ1) is 16.3. The average molecular weight is 498 g/mol. The van der Waals surface area contributed by atoms with Crippen molar-refractivity contribution in [1.82, 2.24) is 4.90 Å². The van der Waals surface area contributed by atoms with Gasteiger partial charge in [-0.3, -0.25) is 24.1 Å². The molecule has 0 spiro atoms. The third-order valence-electron chi connectivity index (χ3n) is 5.26.